The lowest BCUT2D eigenvalue weighted by atomic mass is 10.1. The molecule has 1 aromatic carbocycles. The largest absolute Gasteiger partial charge is 0.481 e. The number of carbonyl (C=O) groups excluding carboxylic acids is 1. The minimum absolute atomic E-state index is 0.0522. The predicted molar refractivity (Wildman–Crippen MR) is 75.2 cm³/mol. The van der Waals surface area contributed by atoms with Crippen molar-refractivity contribution in [2.24, 2.45) is 0 Å². The van der Waals surface area contributed by atoms with Crippen LogP contribution in [0, 0.1) is 0 Å². The van der Waals surface area contributed by atoms with Gasteiger partial charge in [0.25, 0.3) is 5.91 Å². The van der Waals surface area contributed by atoms with Crippen LogP contribution in [0.25, 0.3) is 5.69 Å². The number of amides is 1. The summed E-state index contributed by atoms with van der Waals surface area (Å²) >= 11 is 0. The van der Waals surface area contributed by atoms with E-state index in [0.717, 1.165) is 5.69 Å². The molecule has 0 atom stereocenters. The molecule has 2 rings (SSSR count). The lowest BCUT2D eigenvalue weighted by molar-refractivity contribution is -0.137. The fraction of sp³-hybridized carbons (Fsp3) is 0.286. The summed E-state index contributed by atoms with van der Waals surface area (Å²) in [5.74, 6) is -1.01. The first kappa shape index (κ1) is 14.7. The monoisotopic (exact) mass is 288 g/mol. The topological polar surface area (TPSA) is 88.3 Å². The molecular formula is C14H16N4O3. The van der Waals surface area contributed by atoms with Crippen molar-refractivity contribution in [3.63, 3.8) is 0 Å². The minimum Gasteiger partial charge on any atom is -0.481 e. The van der Waals surface area contributed by atoms with Gasteiger partial charge in [-0.1, -0.05) is 6.07 Å². The van der Waals surface area contributed by atoms with E-state index in [-0.39, 0.29) is 12.3 Å². The Balaban J connectivity index is 2.05. The van der Waals surface area contributed by atoms with Gasteiger partial charge in [0, 0.05) is 25.6 Å². The summed E-state index contributed by atoms with van der Waals surface area (Å²) in [5.41, 5.74) is 1.28. The first-order valence-corrected chi connectivity index (χ1v) is 6.50. The van der Waals surface area contributed by atoms with E-state index in [2.05, 4.69) is 10.1 Å². The molecule has 21 heavy (non-hydrogen) atoms. The molecule has 0 saturated heterocycles. The molecule has 1 aromatic heterocycles. The van der Waals surface area contributed by atoms with Crippen molar-refractivity contribution in [1.29, 1.82) is 0 Å². The van der Waals surface area contributed by atoms with Gasteiger partial charge >= 0.3 is 5.97 Å². The quantitative estimate of drug-likeness (QED) is 0.863. The molecule has 0 unspecified atom stereocenters. The highest BCUT2D eigenvalue weighted by molar-refractivity contribution is 5.94. The first-order valence-electron chi connectivity index (χ1n) is 6.50. The number of carbonyl (C=O) groups is 2. The molecule has 0 aliphatic carbocycles. The van der Waals surface area contributed by atoms with Crippen molar-refractivity contribution in [2.45, 2.75) is 12.8 Å². The van der Waals surface area contributed by atoms with Gasteiger partial charge in [0.05, 0.1) is 5.69 Å². The number of hydrogen-bond donors (Lipinski definition) is 1. The van der Waals surface area contributed by atoms with Crippen LogP contribution in [0.15, 0.2) is 36.9 Å². The number of carboxylic acid groups (broad SMARTS) is 1. The van der Waals surface area contributed by atoms with Crippen LogP contribution in [0.2, 0.25) is 0 Å². The zero-order valence-electron chi connectivity index (χ0n) is 11.6. The van der Waals surface area contributed by atoms with E-state index in [1.807, 2.05) is 6.07 Å². The summed E-state index contributed by atoms with van der Waals surface area (Å²) in [6, 6.07) is 7.05. The third kappa shape index (κ3) is 3.88. The Labute approximate surface area is 121 Å². The Hall–Kier alpha value is -2.70. The molecule has 1 amide bonds. The molecule has 0 aliphatic rings. The standard InChI is InChI=1S/C14H16N4O3/c1-17(7-3-6-13(19)20)14(21)11-4-2-5-12(8-11)18-10-15-9-16-18/h2,4-5,8-10H,3,6-7H2,1H3,(H,19,20). The van der Waals surface area contributed by atoms with Crippen molar-refractivity contribution in [3.8, 4) is 5.69 Å². The van der Waals surface area contributed by atoms with E-state index in [0.29, 0.717) is 18.5 Å². The maximum absolute atomic E-state index is 12.3. The maximum Gasteiger partial charge on any atom is 0.303 e. The molecule has 0 saturated carbocycles. The summed E-state index contributed by atoms with van der Waals surface area (Å²) < 4.78 is 1.57. The van der Waals surface area contributed by atoms with Crippen LogP contribution >= 0.6 is 0 Å². The van der Waals surface area contributed by atoms with Crippen molar-refractivity contribution >= 4 is 11.9 Å². The zero-order chi connectivity index (χ0) is 15.2. The third-order valence-electron chi connectivity index (χ3n) is 3.01. The average Bonchev–Trinajstić information content (AvgIpc) is 3.00. The summed E-state index contributed by atoms with van der Waals surface area (Å²) in [5, 5.41) is 12.6. The van der Waals surface area contributed by atoms with Crippen LogP contribution in [0.1, 0.15) is 23.2 Å². The van der Waals surface area contributed by atoms with Gasteiger partial charge in [0.15, 0.2) is 0 Å². The Morgan fingerprint density at radius 3 is 2.86 bits per heavy atom. The van der Waals surface area contributed by atoms with E-state index in [1.54, 1.807) is 36.3 Å². The summed E-state index contributed by atoms with van der Waals surface area (Å²) in [6.07, 6.45) is 3.46. The molecule has 0 radical (unpaired) electrons. The number of rotatable bonds is 6. The van der Waals surface area contributed by atoms with Crippen molar-refractivity contribution < 1.29 is 14.7 Å². The SMILES string of the molecule is CN(CCCC(=O)O)C(=O)c1cccc(-n2cncn2)c1. The van der Waals surface area contributed by atoms with E-state index in [1.165, 1.54) is 11.2 Å². The Bertz CT molecular complexity index is 625. The highest BCUT2D eigenvalue weighted by atomic mass is 16.4. The van der Waals surface area contributed by atoms with E-state index >= 15 is 0 Å². The van der Waals surface area contributed by atoms with Gasteiger partial charge in [-0.2, -0.15) is 5.10 Å². The molecule has 2 aromatic rings. The van der Waals surface area contributed by atoms with Crippen LogP contribution in [-0.2, 0) is 4.79 Å². The van der Waals surface area contributed by atoms with Gasteiger partial charge in [-0.05, 0) is 24.6 Å². The lowest BCUT2D eigenvalue weighted by Gasteiger charge is -2.17. The highest BCUT2D eigenvalue weighted by Gasteiger charge is 2.12. The van der Waals surface area contributed by atoms with E-state index in [4.69, 9.17) is 5.11 Å². The molecule has 110 valence electrons. The normalized spacial score (nSPS) is 10.3. The van der Waals surface area contributed by atoms with Gasteiger partial charge in [-0.15, -0.1) is 0 Å². The molecular weight excluding hydrogens is 272 g/mol. The van der Waals surface area contributed by atoms with Gasteiger partial charge < -0.3 is 10.0 Å². The first-order chi connectivity index (χ1) is 10.1. The van der Waals surface area contributed by atoms with Crippen LogP contribution in [0.5, 0.6) is 0 Å². The number of hydrogen-bond acceptors (Lipinski definition) is 4. The van der Waals surface area contributed by atoms with Crippen LogP contribution in [0.3, 0.4) is 0 Å². The van der Waals surface area contributed by atoms with E-state index < -0.39 is 5.97 Å². The second kappa shape index (κ2) is 6.65. The lowest BCUT2D eigenvalue weighted by Crippen LogP contribution is -2.28. The zero-order valence-corrected chi connectivity index (χ0v) is 11.6. The Kier molecular flexibility index (Phi) is 4.65. The van der Waals surface area contributed by atoms with Gasteiger partial charge in [0.2, 0.25) is 0 Å². The fourth-order valence-electron chi connectivity index (χ4n) is 1.91. The second-order valence-corrected chi connectivity index (χ2v) is 4.61. The second-order valence-electron chi connectivity index (χ2n) is 4.61. The number of aromatic nitrogens is 3. The molecule has 0 fully saturated rings. The predicted octanol–water partition coefficient (Wildman–Crippen LogP) is 1.20. The third-order valence-corrected chi connectivity index (χ3v) is 3.01. The van der Waals surface area contributed by atoms with Gasteiger partial charge in [0.1, 0.15) is 12.7 Å². The summed E-state index contributed by atoms with van der Waals surface area (Å²) in [4.78, 5) is 28.1. The minimum atomic E-state index is -0.857. The number of aliphatic carboxylic acids is 1. The van der Waals surface area contributed by atoms with Crippen LogP contribution in [0.4, 0.5) is 0 Å². The molecule has 0 bridgehead atoms. The number of benzene rings is 1. The number of carboxylic acids is 1. The maximum atomic E-state index is 12.3. The molecule has 0 aliphatic heterocycles. The van der Waals surface area contributed by atoms with Crippen LogP contribution in [-0.4, -0.2) is 50.2 Å². The molecule has 7 heteroatoms. The average molecular weight is 288 g/mol. The van der Waals surface area contributed by atoms with Gasteiger partial charge in [-0.3, -0.25) is 9.59 Å². The molecule has 7 nitrogen and oxygen atoms in total. The van der Waals surface area contributed by atoms with Crippen LogP contribution < -0.4 is 0 Å². The summed E-state index contributed by atoms with van der Waals surface area (Å²) in [7, 11) is 1.66. The van der Waals surface area contributed by atoms with Gasteiger partial charge in [-0.25, -0.2) is 9.67 Å². The molecule has 1 N–H and O–H groups in total. The highest BCUT2D eigenvalue weighted by Crippen LogP contribution is 2.11. The summed E-state index contributed by atoms with van der Waals surface area (Å²) in [6.45, 7) is 0.401. The van der Waals surface area contributed by atoms with Crippen molar-refractivity contribution in [2.75, 3.05) is 13.6 Å². The van der Waals surface area contributed by atoms with E-state index in [9.17, 15) is 9.59 Å². The Morgan fingerprint density at radius 1 is 1.38 bits per heavy atom. The Morgan fingerprint density at radius 2 is 2.19 bits per heavy atom. The van der Waals surface area contributed by atoms with Crippen molar-refractivity contribution in [3.05, 3.63) is 42.5 Å². The van der Waals surface area contributed by atoms with Crippen molar-refractivity contribution in [1.82, 2.24) is 19.7 Å². The molecule has 0 spiro atoms. The molecule has 1 heterocycles. The fourth-order valence-corrected chi connectivity index (χ4v) is 1.91. The smallest absolute Gasteiger partial charge is 0.303 e. The number of nitrogens with zero attached hydrogens (tertiary/aromatic N) is 4.